The lowest BCUT2D eigenvalue weighted by Gasteiger charge is -2.03. The van der Waals surface area contributed by atoms with Crippen molar-refractivity contribution in [3.05, 3.63) is 53.5 Å². The normalized spacial score (nSPS) is 10.4. The van der Waals surface area contributed by atoms with Crippen LogP contribution in [0.1, 0.15) is 21.9 Å². The molecule has 2 aromatic rings. The lowest BCUT2D eigenvalue weighted by Crippen LogP contribution is -2.23. The van der Waals surface area contributed by atoms with E-state index in [2.05, 4.69) is 10.3 Å². The highest BCUT2D eigenvalue weighted by molar-refractivity contribution is 5.91. The van der Waals surface area contributed by atoms with E-state index < -0.39 is 5.91 Å². The van der Waals surface area contributed by atoms with Crippen LogP contribution in [0.3, 0.4) is 0 Å². The van der Waals surface area contributed by atoms with Gasteiger partial charge in [0.15, 0.2) is 11.6 Å². The van der Waals surface area contributed by atoms with Crippen LogP contribution in [0, 0.1) is 5.82 Å². The van der Waals surface area contributed by atoms with E-state index in [4.69, 9.17) is 10.2 Å². The molecule has 0 saturated heterocycles. The zero-order chi connectivity index (χ0) is 13.7. The molecule has 1 aromatic heterocycles. The minimum atomic E-state index is -0.407. The van der Waals surface area contributed by atoms with Gasteiger partial charge in [0.25, 0.3) is 5.91 Å². The first-order chi connectivity index (χ1) is 9.20. The molecule has 3 N–H and O–H groups in total. The van der Waals surface area contributed by atoms with Crippen molar-refractivity contribution in [1.82, 2.24) is 10.3 Å². The van der Waals surface area contributed by atoms with E-state index in [9.17, 15) is 9.18 Å². The molecule has 0 fully saturated rings. The topological polar surface area (TPSA) is 81.1 Å². The molecule has 0 saturated carbocycles. The van der Waals surface area contributed by atoms with Gasteiger partial charge in [-0.15, -0.1) is 0 Å². The number of benzene rings is 1. The minimum absolute atomic E-state index is 0.102. The first kappa shape index (κ1) is 13.2. The van der Waals surface area contributed by atoms with Crippen molar-refractivity contribution >= 4 is 5.91 Å². The van der Waals surface area contributed by atoms with Crippen molar-refractivity contribution in [2.24, 2.45) is 5.73 Å². The Morgan fingerprint density at radius 2 is 2.21 bits per heavy atom. The summed E-state index contributed by atoms with van der Waals surface area (Å²) < 4.78 is 18.4. The Hall–Kier alpha value is -2.21. The molecule has 0 spiro atoms. The van der Waals surface area contributed by atoms with E-state index in [0.29, 0.717) is 24.4 Å². The molecule has 0 unspecified atom stereocenters. The number of aromatic nitrogens is 1. The Balaban J connectivity index is 1.95. The lowest BCUT2D eigenvalue weighted by atomic mass is 10.2. The van der Waals surface area contributed by atoms with Crippen LogP contribution < -0.4 is 11.1 Å². The molecule has 1 heterocycles. The average molecular weight is 263 g/mol. The van der Waals surface area contributed by atoms with E-state index in [-0.39, 0.29) is 18.1 Å². The number of carbonyl (C=O) groups excluding carboxylic acids is 1. The van der Waals surface area contributed by atoms with Gasteiger partial charge in [0.1, 0.15) is 12.1 Å². The SMILES string of the molecule is NCCc1nc(C(=O)NCc2ccccc2F)co1. The number of hydrogen-bond acceptors (Lipinski definition) is 4. The van der Waals surface area contributed by atoms with Crippen molar-refractivity contribution in [3.63, 3.8) is 0 Å². The molecule has 2 rings (SSSR count). The summed E-state index contributed by atoms with van der Waals surface area (Å²) in [6.07, 6.45) is 1.74. The van der Waals surface area contributed by atoms with Gasteiger partial charge in [0.05, 0.1) is 0 Å². The van der Waals surface area contributed by atoms with Gasteiger partial charge in [-0.3, -0.25) is 4.79 Å². The number of hydrogen-bond donors (Lipinski definition) is 2. The maximum absolute atomic E-state index is 13.3. The molecule has 0 atom stereocenters. The first-order valence-corrected chi connectivity index (χ1v) is 5.87. The van der Waals surface area contributed by atoms with Crippen molar-refractivity contribution in [1.29, 1.82) is 0 Å². The number of rotatable bonds is 5. The number of oxazole rings is 1. The molecule has 1 amide bonds. The maximum Gasteiger partial charge on any atom is 0.273 e. The van der Waals surface area contributed by atoms with Crippen LogP contribution in [0.15, 0.2) is 34.9 Å². The van der Waals surface area contributed by atoms with Crippen LogP contribution in [0.25, 0.3) is 0 Å². The van der Waals surface area contributed by atoms with Crippen LogP contribution in [-0.2, 0) is 13.0 Å². The Morgan fingerprint density at radius 1 is 1.42 bits per heavy atom. The van der Waals surface area contributed by atoms with Gasteiger partial charge in [-0.1, -0.05) is 18.2 Å². The fourth-order valence-electron chi connectivity index (χ4n) is 1.56. The number of nitrogens with zero attached hydrogens (tertiary/aromatic N) is 1. The standard InChI is InChI=1S/C13H14FN3O2/c14-10-4-2-1-3-9(10)7-16-13(18)11-8-19-12(17-11)5-6-15/h1-4,8H,5-7,15H2,(H,16,18). The molecule has 19 heavy (non-hydrogen) atoms. The van der Waals surface area contributed by atoms with E-state index in [1.165, 1.54) is 12.3 Å². The molecule has 100 valence electrons. The second-order valence-corrected chi connectivity index (χ2v) is 3.94. The third-order valence-electron chi connectivity index (χ3n) is 2.54. The molecule has 0 aliphatic carbocycles. The highest BCUT2D eigenvalue weighted by Crippen LogP contribution is 2.07. The largest absolute Gasteiger partial charge is 0.448 e. The summed E-state index contributed by atoms with van der Waals surface area (Å²) in [6.45, 7) is 0.501. The number of amides is 1. The second kappa shape index (κ2) is 6.10. The van der Waals surface area contributed by atoms with Gasteiger partial charge in [0, 0.05) is 25.1 Å². The third kappa shape index (κ3) is 3.38. The molecule has 1 aromatic carbocycles. The fraction of sp³-hybridized carbons (Fsp3) is 0.231. The Kier molecular flexibility index (Phi) is 4.25. The number of nitrogens with two attached hydrogens (primary N) is 1. The van der Waals surface area contributed by atoms with E-state index in [1.807, 2.05) is 0 Å². The summed E-state index contributed by atoms with van der Waals surface area (Å²) in [6, 6.07) is 6.26. The lowest BCUT2D eigenvalue weighted by molar-refractivity contribution is 0.0945. The number of halogens is 1. The zero-order valence-electron chi connectivity index (χ0n) is 10.2. The minimum Gasteiger partial charge on any atom is -0.448 e. The Bertz CT molecular complexity index is 569. The third-order valence-corrected chi connectivity index (χ3v) is 2.54. The Morgan fingerprint density at radius 3 is 2.95 bits per heavy atom. The summed E-state index contributed by atoms with van der Waals surface area (Å²) in [5.74, 6) is -0.347. The van der Waals surface area contributed by atoms with Crippen molar-refractivity contribution in [2.75, 3.05) is 6.54 Å². The maximum atomic E-state index is 13.3. The van der Waals surface area contributed by atoms with Crippen LogP contribution >= 0.6 is 0 Å². The zero-order valence-corrected chi connectivity index (χ0v) is 10.2. The van der Waals surface area contributed by atoms with E-state index >= 15 is 0 Å². The smallest absolute Gasteiger partial charge is 0.273 e. The van der Waals surface area contributed by atoms with Gasteiger partial charge in [-0.05, 0) is 6.07 Å². The van der Waals surface area contributed by atoms with Gasteiger partial charge >= 0.3 is 0 Å². The second-order valence-electron chi connectivity index (χ2n) is 3.94. The summed E-state index contributed by atoms with van der Waals surface area (Å²) in [5.41, 5.74) is 5.94. The van der Waals surface area contributed by atoms with Crippen molar-refractivity contribution in [2.45, 2.75) is 13.0 Å². The molecule has 6 heteroatoms. The average Bonchev–Trinajstić information content (AvgIpc) is 2.87. The van der Waals surface area contributed by atoms with E-state index in [1.54, 1.807) is 18.2 Å². The number of nitrogens with one attached hydrogen (secondary N) is 1. The van der Waals surface area contributed by atoms with Gasteiger partial charge in [-0.2, -0.15) is 0 Å². The monoisotopic (exact) mass is 263 g/mol. The van der Waals surface area contributed by atoms with Crippen LogP contribution in [0.4, 0.5) is 4.39 Å². The van der Waals surface area contributed by atoms with Crippen LogP contribution in [0.2, 0.25) is 0 Å². The van der Waals surface area contributed by atoms with E-state index in [0.717, 1.165) is 0 Å². The van der Waals surface area contributed by atoms with Gasteiger partial charge in [0.2, 0.25) is 0 Å². The highest BCUT2D eigenvalue weighted by Gasteiger charge is 2.12. The predicted octanol–water partition coefficient (Wildman–Crippen LogP) is 1.24. The van der Waals surface area contributed by atoms with Gasteiger partial charge < -0.3 is 15.5 Å². The van der Waals surface area contributed by atoms with Crippen molar-refractivity contribution < 1.29 is 13.6 Å². The molecule has 5 nitrogen and oxygen atoms in total. The van der Waals surface area contributed by atoms with Crippen LogP contribution in [0.5, 0.6) is 0 Å². The molecule has 0 radical (unpaired) electrons. The summed E-state index contributed by atoms with van der Waals surface area (Å²) >= 11 is 0. The van der Waals surface area contributed by atoms with Crippen LogP contribution in [-0.4, -0.2) is 17.4 Å². The molecule has 0 bridgehead atoms. The van der Waals surface area contributed by atoms with Gasteiger partial charge in [-0.25, -0.2) is 9.37 Å². The molecule has 0 aliphatic heterocycles. The number of carbonyl (C=O) groups is 1. The predicted molar refractivity (Wildman–Crippen MR) is 66.8 cm³/mol. The molecule has 0 aliphatic rings. The quantitative estimate of drug-likeness (QED) is 0.850. The Labute approximate surface area is 109 Å². The molecular formula is C13H14FN3O2. The van der Waals surface area contributed by atoms with Crippen molar-refractivity contribution in [3.8, 4) is 0 Å². The summed E-state index contributed by atoms with van der Waals surface area (Å²) in [4.78, 5) is 15.7. The molecular weight excluding hydrogens is 249 g/mol. The summed E-state index contributed by atoms with van der Waals surface area (Å²) in [5, 5.41) is 2.58. The first-order valence-electron chi connectivity index (χ1n) is 5.87. The fourth-order valence-corrected chi connectivity index (χ4v) is 1.56. The highest BCUT2D eigenvalue weighted by atomic mass is 19.1. The summed E-state index contributed by atoms with van der Waals surface area (Å²) in [7, 11) is 0.